The zero-order valence-electron chi connectivity index (χ0n) is 23.6. The topological polar surface area (TPSA) is 86.8 Å². The summed E-state index contributed by atoms with van der Waals surface area (Å²) in [5, 5.41) is 3.75. The van der Waals surface area contributed by atoms with Gasteiger partial charge in [-0.25, -0.2) is 8.42 Å². The number of amides is 2. The van der Waals surface area contributed by atoms with Crippen LogP contribution in [0.5, 0.6) is 0 Å². The highest BCUT2D eigenvalue weighted by molar-refractivity contribution is 7.92. The highest BCUT2D eigenvalue weighted by atomic mass is 35.5. The van der Waals surface area contributed by atoms with E-state index in [9.17, 15) is 18.0 Å². The van der Waals surface area contributed by atoms with Crippen LogP contribution in [0.4, 0.5) is 5.69 Å². The Hall–Kier alpha value is -3.27. The number of rotatable bonds is 12. The summed E-state index contributed by atoms with van der Waals surface area (Å²) >= 11 is 25.0. The molecule has 2 amide bonds. The Morgan fingerprint density at radius 3 is 2.05 bits per heavy atom. The Kier molecular flexibility index (Phi) is 11.6. The summed E-state index contributed by atoms with van der Waals surface area (Å²) in [7, 11) is -4.30. The predicted molar refractivity (Wildman–Crippen MR) is 177 cm³/mol. The number of nitrogens with zero attached hydrogens (tertiary/aromatic N) is 2. The van der Waals surface area contributed by atoms with Crippen LogP contribution in [0.1, 0.15) is 18.1 Å². The number of sulfonamides is 1. The molecule has 0 fully saturated rings. The SMILES string of the molecule is CCNC(=O)[C@@H](Cc1ccccc1)N(Cc1ccc(Cl)c(Cl)c1)C(=O)CN(c1ccc(Cl)cc1Cl)S(=O)(=O)c1ccccc1. The molecule has 0 aliphatic carbocycles. The molecule has 0 saturated carbocycles. The molecule has 0 aliphatic heterocycles. The van der Waals surface area contributed by atoms with E-state index in [0.717, 1.165) is 9.87 Å². The van der Waals surface area contributed by atoms with Gasteiger partial charge in [-0.3, -0.25) is 13.9 Å². The van der Waals surface area contributed by atoms with E-state index in [0.29, 0.717) is 22.2 Å². The van der Waals surface area contributed by atoms with Gasteiger partial charge in [-0.2, -0.15) is 0 Å². The molecule has 0 unspecified atom stereocenters. The van der Waals surface area contributed by atoms with Gasteiger partial charge in [0, 0.05) is 24.5 Å². The average molecular weight is 693 g/mol. The summed E-state index contributed by atoms with van der Waals surface area (Å²) in [5.41, 5.74) is 1.46. The maximum absolute atomic E-state index is 14.4. The van der Waals surface area contributed by atoms with Crippen LogP contribution in [-0.2, 0) is 32.6 Å². The first-order valence-corrected chi connectivity index (χ1v) is 16.5. The molecular weight excluding hydrogens is 664 g/mol. The van der Waals surface area contributed by atoms with Crippen molar-refractivity contribution in [3.63, 3.8) is 0 Å². The van der Waals surface area contributed by atoms with E-state index >= 15 is 0 Å². The number of hydrogen-bond acceptors (Lipinski definition) is 4. The van der Waals surface area contributed by atoms with Crippen molar-refractivity contribution in [2.45, 2.75) is 30.8 Å². The lowest BCUT2D eigenvalue weighted by Crippen LogP contribution is -2.53. The van der Waals surface area contributed by atoms with Crippen molar-refractivity contribution in [3.8, 4) is 0 Å². The van der Waals surface area contributed by atoms with E-state index in [4.69, 9.17) is 46.4 Å². The molecule has 0 bridgehead atoms. The van der Waals surface area contributed by atoms with E-state index in [2.05, 4.69) is 5.32 Å². The van der Waals surface area contributed by atoms with Gasteiger partial charge in [-0.15, -0.1) is 0 Å². The van der Waals surface area contributed by atoms with Gasteiger partial charge in [0.1, 0.15) is 12.6 Å². The molecule has 0 radical (unpaired) electrons. The number of halogens is 4. The summed E-state index contributed by atoms with van der Waals surface area (Å²) in [6.07, 6.45) is 0.173. The number of nitrogens with one attached hydrogen (secondary N) is 1. The molecule has 0 heterocycles. The largest absolute Gasteiger partial charge is 0.355 e. The third-order valence-corrected chi connectivity index (χ3v) is 9.80. The summed E-state index contributed by atoms with van der Waals surface area (Å²) in [4.78, 5) is 29.3. The van der Waals surface area contributed by atoms with Crippen molar-refractivity contribution in [1.82, 2.24) is 10.2 Å². The molecule has 12 heteroatoms. The molecule has 4 rings (SSSR count). The Balaban J connectivity index is 1.82. The fourth-order valence-corrected chi connectivity index (χ4v) is 6.93. The summed E-state index contributed by atoms with van der Waals surface area (Å²) in [6, 6.07) is 25.2. The molecule has 4 aromatic rings. The number of benzene rings is 4. The van der Waals surface area contributed by atoms with Crippen LogP contribution in [0.25, 0.3) is 0 Å². The number of hydrogen-bond donors (Lipinski definition) is 1. The van der Waals surface area contributed by atoms with Crippen LogP contribution in [0.15, 0.2) is 102 Å². The molecule has 0 saturated heterocycles. The maximum Gasteiger partial charge on any atom is 0.264 e. The van der Waals surface area contributed by atoms with Gasteiger partial charge in [0.25, 0.3) is 10.0 Å². The number of carbonyl (C=O) groups is 2. The second kappa shape index (κ2) is 15.1. The second-order valence-corrected chi connectivity index (χ2v) is 13.3. The second-order valence-electron chi connectivity index (χ2n) is 9.79. The fraction of sp³-hybridized carbons (Fsp3) is 0.188. The molecule has 0 aromatic heterocycles. The van der Waals surface area contributed by atoms with Crippen LogP contribution >= 0.6 is 46.4 Å². The average Bonchev–Trinajstić information content (AvgIpc) is 3.00. The first-order chi connectivity index (χ1) is 21.0. The summed E-state index contributed by atoms with van der Waals surface area (Å²) in [5.74, 6) is -1.04. The third-order valence-electron chi connectivity index (χ3n) is 6.75. The monoisotopic (exact) mass is 691 g/mol. The van der Waals surface area contributed by atoms with Gasteiger partial charge in [0.05, 0.1) is 25.7 Å². The van der Waals surface area contributed by atoms with Crippen LogP contribution in [0.2, 0.25) is 20.1 Å². The van der Waals surface area contributed by atoms with Gasteiger partial charge >= 0.3 is 0 Å². The highest BCUT2D eigenvalue weighted by Gasteiger charge is 2.35. The Morgan fingerprint density at radius 2 is 1.43 bits per heavy atom. The Morgan fingerprint density at radius 1 is 0.773 bits per heavy atom. The van der Waals surface area contributed by atoms with Crippen molar-refractivity contribution in [3.05, 3.63) is 128 Å². The molecular formula is C32H29Cl4N3O4S. The van der Waals surface area contributed by atoms with Gasteiger partial charge < -0.3 is 10.2 Å². The van der Waals surface area contributed by atoms with E-state index in [1.807, 2.05) is 30.3 Å². The summed E-state index contributed by atoms with van der Waals surface area (Å²) in [6.45, 7) is 1.38. The molecule has 0 spiro atoms. The number of carbonyl (C=O) groups excluding carboxylic acids is 2. The van der Waals surface area contributed by atoms with Crippen LogP contribution in [0.3, 0.4) is 0 Å². The van der Waals surface area contributed by atoms with E-state index in [1.165, 1.54) is 35.2 Å². The smallest absolute Gasteiger partial charge is 0.264 e. The molecule has 7 nitrogen and oxygen atoms in total. The van der Waals surface area contributed by atoms with Crippen molar-refractivity contribution < 1.29 is 18.0 Å². The number of likely N-dealkylation sites (N-methyl/N-ethyl adjacent to an activating group) is 1. The first-order valence-electron chi connectivity index (χ1n) is 13.6. The lowest BCUT2D eigenvalue weighted by Gasteiger charge is -2.34. The van der Waals surface area contributed by atoms with E-state index in [-0.39, 0.29) is 33.6 Å². The molecule has 1 N–H and O–H groups in total. The van der Waals surface area contributed by atoms with Crippen molar-refractivity contribution >= 4 is 73.9 Å². The van der Waals surface area contributed by atoms with E-state index < -0.39 is 34.4 Å². The van der Waals surface area contributed by atoms with Crippen LogP contribution < -0.4 is 9.62 Å². The lowest BCUT2D eigenvalue weighted by atomic mass is 10.0. The zero-order valence-corrected chi connectivity index (χ0v) is 27.4. The predicted octanol–water partition coefficient (Wildman–Crippen LogP) is 7.27. The maximum atomic E-state index is 14.4. The zero-order chi connectivity index (χ0) is 31.9. The minimum atomic E-state index is -4.30. The minimum Gasteiger partial charge on any atom is -0.355 e. The van der Waals surface area contributed by atoms with Crippen LogP contribution in [0, 0.1) is 0 Å². The normalized spacial score (nSPS) is 11.9. The molecule has 0 aliphatic rings. The Bertz CT molecular complexity index is 1720. The number of anilines is 1. The lowest BCUT2D eigenvalue weighted by molar-refractivity contribution is -0.140. The standard InChI is InChI=1S/C32H29Cl4N3O4S/c1-2-37-32(41)30(18-22-9-5-3-6-10-22)38(20-23-13-15-26(34)27(35)17-23)31(40)21-39(29-16-14-24(33)19-28(29)36)44(42,43)25-11-7-4-8-12-25/h3-17,19,30H,2,18,20-21H2,1H3,(H,37,41)/t30-/m1/s1. The van der Waals surface area contributed by atoms with Crippen molar-refractivity contribution in [1.29, 1.82) is 0 Å². The van der Waals surface area contributed by atoms with Gasteiger partial charge in [0.15, 0.2) is 0 Å². The molecule has 4 aromatic carbocycles. The van der Waals surface area contributed by atoms with Gasteiger partial charge in [-0.05, 0) is 60.5 Å². The highest BCUT2D eigenvalue weighted by Crippen LogP contribution is 2.33. The minimum absolute atomic E-state index is 0.0328. The quantitative estimate of drug-likeness (QED) is 0.169. The van der Waals surface area contributed by atoms with Gasteiger partial charge in [0.2, 0.25) is 11.8 Å². The first kappa shape index (κ1) is 33.6. The van der Waals surface area contributed by atoms with E-state index in [1.54, 1.807) is 43.3 Å². The molecule has 44 heavy (non-hydrogen) atoms. The summed E-state index contributed by atoms with van der Waals surface area (Å²) < 4.78 is 29.0. The Labute approximate surface area is 277 Å². The molecule has 230 valence electrons. The van der Waals surface area contributed by atoms with Crippen molar-refractivity contribution in [2.75, 3.05) is 17.4 Å². The van der Waals surface area contributed by atoms with Crippen LogP contribution in [-0.4, -0.2) is 44.3 Å². The van der Waals surface area contributed by atoms with Crippen molar-refractivity contribution in [2.24, 2.45) is 0 Å². The van der Waals surface area contributed by atoms with Gasteiger partial charge in [-0.1, -0.05) is 101 Å². The molecule has 1 atom stereocenters. The third kappa shape index (κ3) is 8.25. The fourth-order valence-electron chi connectivity index (χ4n) is 4.60.